The molecule has 1 aliphatic heterocycles. The van der Waals surface area contributed by atoms with E-state index in [-0.39, 0.29) is 11.8 Å². The van der Waals surface area contributed by atoms with Crippen molar-refractivity contribution in [2.75, 3.05) is 13.2 Å². The molecule has 108 valence electrons. The third kappa shape index (κ3) is 3.18. The summed E-state index contributed by atoms with van der Waals surface area (Å²) in [4.78, 5) is 22.9. The van der Waals surface area contributed by atoms with E-state index in [9.17, 15) is 9.59 Å². The number of carbonyl (C=O) groups is 2. The largest absolute Gasteiger partial charge is 0.481 e. The maximum atomic E-state index is 11.9. The number of hydrogen-bond acceptors (Lipinski definition) is 4. The summed E-state index contributed by atoms with van der Waals surface area (Å²) < 4.78 is 10.6. The van der Waals surface area contributed by atoms with Crippen LogP contribution in [0.15, 0.2) is 0 Å². The first-order chi connectivity index (χ1) is 8.73. The molecule has 1 saturated carbocycles. The number of ether oxygens (including phenoxy) is 2. The average Bonchev–Trinajstić information content (AvgIpc) is 2.92. The minimum absolute atomic E-state index is 0.0555. The van der Waals surface area contributed by atoms with Crippen LogP contribution in [0.25, 0.3) is 0 Å². The Hall–Kier alpha value is -1.30. The Morgan fingerprint density at radius 2 is 2.11 bits per heavy atom. The van der Waals surface area contributed by atoms with Gasteiger partial charge in [-0.15, -0.1) is 0 Å². The fourth-order valence-corrected chi connectivity index (χ4v) is 2.65. The Balaban J connectivity index is 2.01. The Bertz CT molecular complexity index is 381. The number of hydrogen-bond donors (Lipinski definition) is 2. The van der Waals surface area contributed by atoms with Gasteiger partial charge < -0.3 is 19.9 Å². The SMILES string of the molecule is CC(C)(C)OC(=O)NC1([C@@H]2C[C@H]2C(=O)O)CCOC1. The molecular formula is C13H21NO5. The van der Waals surface area contributed by atoms with Crippen LogP contribution >= 0.6 is 0 Å². The predicted octanol–water partition coefficient (Wildman–Crippen LogP) is 1.39. The lowest BCUT2D eigenvalue weighted by Crippen LogP contribution is -2.53. The van der Waals surface area contributed by atoms with E-state index in [1.165, 1.54) is 0 Å². The Labute approximate surface area is 112 Å². The van der Waals surface area contributed by atoms with Gasteiger partial charge in [-0.1, -0.05) is 0 Å². The summed E-state index contributed by atoms with van der Waals surface area (Å²) in [6, 6.07) is 0. The first kappa shape index (κ1) is 14.1. The maximum Gasteiger partial charge on any atom is 0.408 e. The molecule has 0 aromatic rings. The van der Waals surface area contributed by atoms with E-state index < -0.39 is 23.2 Å². The third-order valence-corrected chi connectivity index (χ3v) is 3.62. The zero-order valence-corrected chi connectivity index (χ0v) is 11.6. The van der Waals surface area contributed by atoms with Crippen molar-refractivity contribution in [1.82, 2.24) is 5.32 Å². The van der Waals surface area contributed by atoms with Crippen LogP contribution in [0, 0.1) is 11.8 Å². The van der Waals surface area contributed by atoms with Gasteiger partial charge in [0.05, 0.1) is 18.1 Å². The minimum atomic E-state index is -0.803. The molecule has 6 nitrogen and oxygen atoms in total. The number of carboxylic acid groups (broad SMARTS) is 1. The van der Waals surface area contributed by atoms with Gasteiger partial charge in [-0.3, -0.25) is 4.79 Å². The molecule has 1 unspecified atom stereocenters. The van der Waals surface area contributed by atoms with Crippen LogP contribution in [0.5, 0.6) is 0 Å². The molecule has 0 aromatic heterocycles. The van der Waals surface area contributed by atoms with Gasteiger partial charge in [0.25, 0.3) is 0 Å². The molecule has 1 heterocycles. The van der Waals surface area contributed by atoms with Crippen LogP contribution in [0.1, 0.15) is 33.6 Å². The molecule has 0 spiro atoms. The number of carboxylic acids is 1. The normalized spacial score (nSPS) is 33.8. The Morgan fingerprint density at radius 1 is 1.42 bits per heavy atom. The topological polar surface area (TPSA) is 84.9 Å². The average molecular weight is 271 g/mol. The van der Waals surface area contributed by atoms with Crippen molar-refractivity contribution in [3.8, 4) is 0 Å². The molecule has 6 heteroatoms. The summed E-state index contributed by atoms with van der Waals surface area (Å²) in [5, 5.41) is 11.9. The lowest BCUT2D eigenvalue weighted by Gasteiger charge is -2.30. The van der Waals surface area contributed by atoms with Crippen LogP contribution in [-0.2, 0) is 14.3 Å². The predicted molar refractivity (Wildman–Crippen MR) is 66.8 cm³/mol. The van der Waals surface area contributed by atoms with E-state index in [0.717, 1.165) is 0 Å². The van der Waals surface area contributed by atoms with E-state index in [2.05, 4.69) is 5.32 Å². The molecule has 2 N–H and O–H groups in total. The zero-order chi connectivity index (χ0) is 14.3. The van der Waals surface area contributed by atoms with Crippen molar-refractivity contribution in [1.29, 1.82) is 0 Å². The van der Waals surface area contributed by atoms with Gasteiger partial charge in [-0.05, 0) is 39.5 Å². The number of alkyl carbamates (subject to hydrolysis) is 1. The van der Waals surface area contributed by atoms with Crippen LogP contribution in [-0.4, -0.2) is 41.5 Å². The second-order valence-electron chi connectivity index (χ2n) is 6.37. The molecular weight excluding hydrogens is 250 g/mol. The van der Waals surface area contributed by atoms with Gasteiger partial charge in [0, 0.05) is 6.61 Å². The van der Waals surface area contributed by atoms with Gasteiger partial charge in [-0.25, -0.2) is 4.79 Å². The smallest absolute Gasteiger partial charge is 0.408 e. The van der Waals surface area contributed by atoms with Crippen molar-refractivity contribution < 1.29 is 24.2 Å². The minimum Gasteiger partial charge on any atom is -0.481 e. The fourth-order valence-electron chi connectivity index (χ4n) is 2.65. The third-order valence-electron chi connectivity index (χ3n) is 3.62. The van der Waals surface area contributed by atoms with Gasteiger partial charge in [0.2, 0.25) is 0 Å². The van der Waals surface area contributed by atoms with E-state index in [1.807, 2.05) is 0 Å². The lowest BCUT2D eigenvalue weighted by molar-refractivity contribution is -0.139. The van der Waals surface area contributed by atoms with Gasteiger partial charge in [-0.2, -0.15) is 0 Å². The van der Waals surface area contributed by atoms with E-state index in [1.54, 1.807) is 20.8 Å². The molecule has 0 radical (unpaired) electrons. The highest BCUT2D eigenvalue weighted by Gasteiger charge is 2.58. The standard InChI is InChI=1S/C13H21NO5/c1-12(2,3)19-11(17)14-13(4-5-18-7-13)9-6-8(9)10(15)16/h8-9H,4-7H2,1-3H3,(H,14,17)(H,15,16)/t8-,9-,13?/m1/s1. The van der Waals surface area contributed by atoms with Gasteiger partial charge >= 0.3 is 12.1 Å². The number of nitrogens with one attached hydrogen (secondary N) is 1. The highest BCUT2D eigenvalue weighted by Crippen LogP contribution is 2.49. The lowest BCUT2D eigenvalue weighted by atomic mass is 9.91. The summed E-state index contributed by atoms with van der Waals surface area (Å²) in [7, 11) is 0. The number of amides is 1. The molecule has 3 atom stereocenters. The van der Waals surface area contributed by atoms with Crippen LogP contribution in [0.3, 0.4) is 0 Å². The molecule has 1 amide bonds. The number of rotatable bonds is 3. The second kappa shape index (κ2) is 4.67. The Morgan fingerprint density at radius 3 is 2.53 bits per heavy atom. The first-order valence-electron chi connectivity index (χ1n) is 6.55. The van der Waals surface area contributed by atoms with Gasteiger partial charge in [0.15, 0.2) is 0 Å². The van der Waals surface area contributed by atoms with E-state index in [0.29, 0.717) is 26.1 Å². The first-order valence-corrected chi connectivity index (χ1v) is 6.55. The van der Waals surface area contributed by atoms with Crippen LogP contribution in [0.4, 0.5) is 4.79 Å². The molecule has 2 rings (SSSR count). The van der Waals surface area contributed by atoms with Crippen molar-refractivity contribution >= 4 is 12.1 Å². The molecule has 1 aliphatic carbocycles. The summed E-state index contributed by atoms with van der Waals surface area (Å²) in [6.07, 6.45) is 0.726. The molecule has 0 bridgehead atoms. The monoisotopic (exact) mass is 271 g/mol. The fraction of sp³-hybridized carbons (Fsp3) is 0.846. The summed E-state index contributed by atoms with van der Waals surface area (Å²) >= 11 is 0. The van der Waals surface area contributed by atoms with E-state index in [4.69, 9.17) is 14.6 Å². The summed E-state index contributed by atoms with van der Waals surface area (Å²) in [5.74, 6) is -1.24. The van der Waals surface area contributed by atoms with E-state index >= 15 is 0 Å². The van der Waals surface area contributed by atoms with Crippen LogP contribution in [0.2, 0.25) is 0 Å². The van der Waals surface area contributed by atoms with Crippen molar-refractivity contribution in [2.24, 2.45) is 11.8 Å². The van der Waals surface area contributed by atoms with Crippen molar-refractivity contribution in [3.05, 3.63) is 0 Å². The Kier molecular flexibility index (Phi) is 3.47. The maximum absolute atomic E-state index is 11.9. The molecule has 2 aliphatic rings. The number of aliphatic carboxylic acids is 1. The van der Waals surface area contributed by atoms with Gasteiger partial charge in [0.1, 0.15) is 5.60 Å². The molecule has 0 aromatic carbocycles. The zero-order valence-electron chi connectivity index (χ0n) is 11.6. The summed E-state index contributed by atoms with van der Waals surface area (Å²) in [5.41, 5.74) is -1.15. The van der Waals surface area contributed by atoms with Crippen molar-refractivity contribution in [3.63, 3.8) is 0 Å². The quantitative estimate of drug-likeness (QED) is 0.810. The molecule has 19 heavy (non-hydrogen) atoms. The highest BCUT2D eigenvalue weighted by molar-refractivity contribution is 5.75. The van der Waals surface area contributed by atoms with Crippen molar-refractivity contribution in [2.45, 2.75) is 44.8 Å². The number of carbonyl (C=O) groups excluding carboxylic acids is 1. The molecule has 2 fully saturated rings. The summed E-state index contributed by atoms with van der Waals surface area (Å²) in [6.45, 7) is 6.28. The second-order valence-corrected chi connectivity index (χ2v) is 6.37. The molecule has 1 saturated heterocycles. The van der Waals surface area contributed by atoms with Crippen LogP contribution < -0.4 is 5.32 Å². The highest BCUT2D eigenvalue weighted by atomic mass is 16.6.